The number of nitrogens with zero attached hydrogens (tertiary/aromatic N) is 4. The summed E-state index contributed by atoms with van der Waals surface area (Å²) in [6, 6.07) is 4.90. The van der Waals surface area contributed by atoms with Gasteiger partial charge in [0.1, 0.15) is 12.7 Å². The van der Waals surface area contributed by atoms with Crippen LogP contribution in [-0.4, -0.2) is 29.6 Å². The topological polar surface area (TPSA) is 143 Å². The number of rotatable bonds is 5. The van der Waals surface area contributed by atoms with E-state index in [2.05, 4.69) is 15.6 Å². The van der Waals surface area contributed by atoms with Gasteiger partial charge in [-0.2, -0.15) is 0 Å². The lowest BCUT2D eigenvalue weighted by Crippen LogP contribution is -2.20. The fourth-order valence-corrected chi connectivity index (χ4v) is 2.38. The van der Waals surface area contributed by atoms with Gasteiger partial charge in [-0.05, 0) is 17.7 Å². The molecule has 0 aliphatic carbocycles. The Kier molecular flexibility index (Phi) is 3.79. The van der Waals surface area contributed by atoms with Crippen molar-refractivity contribution in [3.05, 3.63) is 52.6 Å². The fraction of sp³-hybridized carbons (Fsp3) is 0.111. The first-order chi connectivity index (χ1) is 9.38. The monoisotopic (exact) mass is 299 g/mol. The lowest BCUT2D eigenvalue weighted by atomic mass is 10.2. The second-order valence-electron chi connectivity index (χ2n) is 3.84. The summed E-state index contributed by atoms with van der Waals surface area (Å²) in [6.07, 6.45) is 2.46. The summed E-state index contributed by atoms with van der Waals surface area (Å²) >= 11 is 0. The van der Waals surface area contributed by atoms with Crippen LogP contribution in [-0.2, 0) is 4.57 Å². The highest BCUT2D eigenvalue weighted by Gasteiger charge is 2.31. The summed E-state index contributed by atoms with van der Waals surface area (Å²) in [4.78, 5) is 28.7. The van der Waals surface area contributed by atoms with E-state index in [1.807, 2.05) is 0 Å². The van der Waals surface area contributed by atoms with Gasteiger partial charge < -0.3 is 15.2 Å². The number of hydrogen-bond acceptors (Lipinski definition) is 6. The van der Waals surface area contributed by atoms with Gasteiger partial charge in [0.2, 0.25) is 0 Å². The number of nitro benzene ring substituents is 1. The zero-order valence-electron chi connectivity index (χ0n) is 9.90. The molecule has 0 fully saturated rings. The first-order valence-electron chi connectivity index (χ1n) is 5.28. The van der Waals surface area contributed by atoms with E-state index in [4.69, 9.17) is 0 Å². The number of nitrogens with one attached hydrogen (secondary N) is 1. The second kappa shape index (κ2) is 5.37. The molecule has 0 saturated heterocycles. The largest absolute Gasteiger partial charge is 0.353 e. The van der Waals surface area contributed by atoms with Crippen molar-refractivity contribution in [1.29, 1.82) is 0 Å². The molecule has 0 spiro atoms. The van der Waals surface area contributed by atoms with Gasteiger partial charge in [-0.1, -0.05) is 0 Å². The van der Waals surface area contributed by atoms with E-state index in [9.17, 15) is 24.5 Å². The first kappa shape index (κ1) is 14.1. The van der Waals surface area contributed by atoms with Gasteiger partial charge >= 0.3 is 7.60 Å². The van der Waals surface area contributed by atoms with Crippen LogP contribution in [0.15, 0.2) is 36.9 Å². The summed E-state index contributed by atoms with van der Waals surface area (Å²) in [6.45, 7) is 0. The Bertz CT molecular complexity index is 637. The van der Waals surface area contributed by atoms with Crippen molar-refractivity contribution in [2.75, 3.05) is 5.43 Å². The number of hydrogen-bond donors (Lipinski definition) is 3. The summed E-state index contributed by atoms with van der Waals surface area (Å²) in [7, 11) is -4.54. The fourth-order valence-electron chi connectivity index (χ4n) is 1.53. The van der Waals surface area contributed by atoms with Gasteiger partial charge in [0.15, 0.2) is 5.78 Å². The molecule has 0 saturated carbocycles. The zero-order valence-corrected chi connectivity index (χ0v) is 10.8. The second-order valence-corrected chi connectivity index (χ2v) is 5.53. The van der Waals surface area contributed by atoms with Crippen LogP contribution in [0.2, 0.25) is 0 Å². The maximum absolute atomic E-state index is 11.5. The van der Waals surface area contributed by atoms with Crippen molar-refractivity contribution in [2.45, 2.75) is 5.78 Å². The number of aromatic nitrogens is 3. The van der Waals surface area contributed by atoms with E-state index in [1.54, 1.807) is 0 Å². The van der Waals surface area contributed by atoms with E-state index in [1.165, 1.54) is 41.6 Å². The molecule has 0 radical (unpaired) electrons. The van der Waals surface area contributed by atoms with Crippen LogP contribution in [0.25, 0.3) is 0 Å². The van der Waals surface area contributed by atoms with Gasteiger partial charge in [0.05, 0.1) is 4.92 Å². The van der Waals surface area contributed by atoms with Gasteiger partial charge in [-0.25, -0.2) is 4.68 Å². The predicted octanol–water partition coefficient (Wildman–Crippen LogP) is 0.606. The van der Waals surface area contributed by atoms with Crippen LogP contribution in [0.4, 0.5) is 5.69 Å². The zero-order chi connectivity index (χ0) is 14.8. The lowest BCUT2D eigenvalue weighted by Gasteiger charge is -2.21. The van der Waals surface area contributed by atoms with Crippen LogP contribution in [0, 0.1) is 10.1 Å². The molecular weight excluding hydrogens is 289 g/mol. The van der Waals surface area contributed by atoms with Crippen LogP contribution >= 0.6 is 7.60 Å². The van der Waals surface area contributed by atoms with Crippen LogP contribution in [0.5, 0.6) is 0 Å². The van der Waals surface area contributed by atoms with Crippen molar-refractivity contribution in [3.63, 3.8) is 0 Å². The number of non-ortho nitro benzene ring substituents is 1. The molecule has 1 aromatic heterocycles. The smallest absolute Gasteiger partial charge is 0.323 e. The van der Waals surface area contributed by atoms with Crippen molar-refractivity contribution < 1.29 is 19.3 Å². The molecule has 1 atom stereocenters. The molecule has 0 amide bonds. The Balaban J connectivity index is 2.31. The number of nitro groups is 1. The third kappa shape index (κ3) is 3.18. The van der Waals surface area contributed by atoms with Gasteiger partial charge in [-0.3, -0.25) is 14.7 Å². The SMILES string of the molecule is O=[N+]([O-])c1ccc(C(Nn2cnnc2)P(=O)(O)O)cc1. The van der Waals surface area contributed by atoms with E-state index < -0.39 is 18.3 Å². The quantitative estimate of drug-likeness (QED) is 0.414. The first-order valence-corrected chi connectivity index (χ1v) is 6.97. The third-order valence-electron chi connectivity index (χ3n) is 2.45. The highest BCUT2D eigenvalue weighted by atomic mass is 31.2. The lowest BCUT2D eigenvalue weighted by molar-refractivity contribution is -0.384. The number of benzene rings is 1. The highest BCUT2D eigenvalue weighted by molar-refractivity contribution is 7.52. The Morgan fingerprint density at radius 2 is 1.80 bits per heavy atom. The van der Waals surface area contributed by atoms with Crippen molar-refractivity contribution in [3.8, 4) is 0 Å². The van der Waals surface area contributed by atoms with E-state index >= 15 is 0 Å². The average molecular weight is 299 g/mol. The van der Waals surface area contributed by atoms with Crippen molar-refractivity contribution >= 4 is 13.3 Å². The van der Waals surface area contributed by atoms with E-state index in [0.29, 0.717) is 0 Å². The van der Waals surface area contributed by atoms with Gasteiger partial charge in [-0.15, -0.1) is 10.2 Å². The molecule has 20 heavy (non-hydrogen) atoms. The van der Waals surface area contributed by atoms with Crippen LogP contribution < -0.4 is 5.43 Å². The molecule has 1 unspecified atom stereocenters. The standard InChI is InChI=1S/C9H10N5O5P/c15-14(16)8-3-1-7(2-4-8)9(20(17,18)19)12-13-5-10-11-6-13/h1-6,9,12H,(H2,17,18,19). The molecule has 106 valence electrons. The molecule has 2 rings (SSSR count). The molecule has 1 heterocycles. The van der Waals surface area contributed by atoms with E-state index in [0.717, 1.165) is 0 Å². The minimum Gasteiger partial charge on any atom is -0.323 e. The normalized spacial score (nSPS) is 12.9. The van der Waals surface area contributed by atoms with Crippen LogP contribution in [0.1, 0.15) is 11.3 Å². The molecular formula is C9H10N5O5P. The minimum absolute atomic E-state index is 0.164. The van der Waals surface area contributed by atoms with Gasteiger partial charge in [0, 0.05) is 12.1 Å². The Labute approximate surface area is 112 Å². The van der Waals surface area contributed by atoms with Crippen molar-refractivity contribution in [1.82, 2.24) is 14.9 Å². The molecule has 0 aliphatic rings. The Morgan fingerprint density at radius 1 is 1.25 bits per heavy atom. The maximum atomic E-state index is 11.5. The molecule has 3 N–H and O–H groups in total. The molecule has 2 aromatic rings. The van der Waals surface area contributed by atoms with Crippen molar-refractivity contribution in [2.24, 2.45) is 0 Å². The molecule has 1 aromatic carbocycles. The Morgan fingerprint density at radius 3 is 2.25 bits per heavy atom. The Hall–Kier alpha value is -2.29. The highest BCUT2D eigenvalue weighted by Crippen LogP contribution is 2.50. The molecule has 10 nitrogen and oxygen atoms in total. The summed E-state index contributed by atoms with van der Waals surface area (Å²) in [5.41, 5.74) is 2.56. The van der Waals surface area contributed by atoms with Gasteiger partial charge in [0.25, 0.3) is 5.69 Å². The molecule has 0 bridgehead atoms. The minimum atomic E-state index is -4.54. The summed E-state index contributed by atoms with van der Waals surface area (Å²) in [5.74, 6) is -1.36. The van der Waals surface area contributed by atoms with Crippen LogP contribution in [0.3, 0.4) is 0 Å². The third-order valence-corrected chi connectivity index (χ3v) is 3.53. The predicted molar refractivity (Wildman–Crippen MR) is 67.3 cm³/mol. The summed E-state index contributed by atoms with van der Waals surface area (Å²) < 4.78 is 12.7. The van der Waals surface area contributed by atoms with E-state index in [-0.39, 0.29) is 11.3 Å². The molecule has 0 aliphatic heterocycles. The average Bonchev–Trinajstić information content (AvgIpc) is 2.87. The summed E-state index contributed by atoms with van der Waals surface area (Å²) in [5, 5.41) is 17.5. The maximum Gasteiger partial charge on any atom is 0.353 e. The molecule has 11 heteroatoms.